The van der Waals surface area contributed by atoms with Crippen LogP contribution in [0.5, 0.6) is 0 Å². The fourth-order valence-electron chi connectivity index (χ4n) is 1.38. The molecule has 1 aromatic carbocycles. The van der Waals surface area contributed by atoms with Crippen LogP contribution in [0.25, 0.3) is 0 Å². The van der Waals surface area contributed by atoms with E-state index in [0.29, 0.717) is 6.04 Å². The third kappa shape index (κ3) is 2.69. The van der Waals surface area contributed by atoms with Crippen LogP contribution in [0, 0.1) is 6.92 Å². The molecule has 0 aromatic heterocycles. The maximum absolute atomic E-state index is 5.32. The minimum Gasteiger partial charge on any atom is -0.360 e. The average molecular weight is 220 g/mol. The molecule has 0 atom stereocenters. The highest BCUT2D eigenvalue weighted by molar-refractivity contribution is 7.80. The van der Waals surface area contributed by atoms with Gasteiger partial charge >= 0.3 is 0 Å². The van der Waals surface area contributed by atoms with Crippen molar-refractivity contribution in [3.8, 4) is 0 Å². The van der Waals surface area contributed by atoms with Gasteiger partial charge in [-0.05, 0) is 44.1 Å². The Morgan fingerprint density at radius 2 is 1.93 bits per heavy atom. The minimum absolute atomic E-state index is 0.616. The van der Waals surface area contributed by atoms with Crippen molar-refractivity contribution >= 4 is 23.0 Å². The molecule has 0 spiro atoms. The van der Waals surface area contributed by atoms with Crippen molar-refractivity contribution in [3.05, 3.63) is 29.8 Å². The number of anilines is 1. The standard InChI is InChI=1S/C12H16N2S/c1-9-3-7-11(8-4-9)14(2)12(15)13-10-5-6-10/h3-4,7-8,10H,5-6H2,1-2H3,(H,13,15). The highest BCUT2D eigenvalue weighted by Gasteiger charge is 2.23. The lowest BCUT2D eigenvalue weighted by atomic mass is 10.2. The van der Waals surface area contributed by atoms with Crippen LogP contribution in [0.1, 0.15) is 18.4 Å². The number of nitrogens with zero attached hydrogens (tertiary/aromatic N) is 1. The van der Waals surface area contributed by atoms with Gasteiger partial charge in [-0.1, -0.05) is 17.7 Å². The molecule has 0 amide bonds. The molecule has 0 radical (unpaired) electrons. The Morgan fingerprint density at radius 3 is 2.47 bits per heavy atom. The molecule has 1 fully saturated rings. The first-order valence-corrected chi connectivity index (χ1v) is 5.68. The van der Waals surface area contributed by atoms with Gasteiger partial charge in [0.15, 0.2) is 5.11 Å². The van der Waals surface area contributed by atoms with Crippen molar-refractivity contribution in [1.82, 2.24) is 5.32 Å². The summed E-state index contributed by atoms with van der Waals surface area (Å²) in [5.74, 6) is 0. The summed E-state index contributed by atoms with van der Waals surface area (Å²) in [4.78, 5) is 2.02. The lowest BCUT2D eigenvalue weighted by Crippen LogP contribution is -2.38. The number of thiocarbonyl (C=S) groups is 1. The molecule has 1 aliphatic rings. The molecule has 3 heteroatoms. The van der Waals surface area contributed by atoms with Crippen LogP contribution < -0.4 is 10.2 Å². The van der Waals surface area contributed by atoms with Gasteiger partial charge in [0.25, 0.3) is 0 Å². The van der Waals surface area contributed by atoms with Crippen molar-refractivity contribution in [2.75, 3.05) is 11.9 Å². The fourth-order valence-corrected chi connectivity index (χ4v) is 1.66. The smallest absolute Gasteiger partial charge is 0.173 e. The van der Waals surface area contributed by atoms with Crippen LogP contribution in [0.2, 0.25) is 0 Å². The van der Waals surface area contributed by atoms with E-state index in [1.807, 2.05) is 11.9 Å². The van der Waals surface area contributed by atoms with Gasteiger partial charge in [0, 0.05) is 18.8 Å². The quantitative estimate of drug-likeness (QED) is 0.771. The fraction of sp³-hybridized carbons (Fsp3) is 0.417. The molecular formula is C12H16N2S. The summed E-state index contributed by atoms with van der Waals surface area (Å²) in [7, 11) is 2.00. The van der Waals surface area contributed by atoms with Crippen molar-refractivity contribution < 1.29 is 0 Å². The zero-order chi connectivity index (χ0) is 10.8. The number of hydrogen-bond acceptors (Lipinski definition) is 1. The summed E-state index contributed by atoms with van der Waals surface area (Å²) in [6.45, 7) is 2.09. The van der Waals surface area contributed by atoms with Gasteiger partial charge in [0.2, 0.25) is 0 Å². The number of benzene rings is 1. The molecule has 0 unspecified atom stereocenters. The van der Waals surface area contributed by atoms with E-state index in [1.165, 1.54) is 18.4 Å². The van der Waals surface area contributed by atoms with E-state index in [4.69, 9.17) is 12.2 Å². The maximum atomic E-state index is 5.32. The molecule has 0 bridgehead atoms. The van der Waals surface area contributed by atoms with Gasteiger partial charge in [-0.2, -0.15) is 0 Å². The SMILES string of the molecule is Cc1ccc(N(C)C(=S)NC2CC2)cc1. The van der Waals surface area contributed by atoms with Crippen LogP contribution in [-0.2, 0) is 0 Å². The van der Waals surface area contributed by atoms with E-state index in [2.05, 4.69) is 36.5 Å². The van der Waals surface area contributed by atoms with Crippen molar-refractivity contribution in [1.29, 1.82) is 0 Å². The predicted octanol–water partition coefficient (Wildman–Crippen LogP) is 2.47. The summed E-state index contributed by atoms with van der Waals surface area (Å²) < 4.78 is 0. The first-order valence-electron chi connectivity index (χ1n) is 5.28. The van der Waals surface area contributed by atoms with Crippen molar-refractivity contribution in [3.63, 3.8) is 0 Å². The molecule has 15 heavy (non-hydrogen) atoms. The average Bonchev–Trinajstić information content (AvgIpc) is 3.02. The molecule has 0 heterocycles. The molecule has 1 aliphatic carbocycles. The van der Waals surface area contributed by atoms with E-state index in [0.717, 1.165) is 10.8 Å². The third-order valence-electron chi connectivity index (χ3n) is 2.63. The van der Waals surface area contributed by atoms with Crippen LogP contribution in [0.15, 0.2) is 24.3 Å². The van der Waals surface area contributed by atoms with Crippen LogP contribution >= 0.6 is 12.2 Å². The molecule has 1 aromatic rings. The Hall–Kier alpha value is -1.09. The molecule has 1 N–H and O–H groups in total. The van der Waals surface area contributed by atoms with Crippen LogP contribution in [0.3, 0.4) is 0 Å². The molecule has 0 aliphatic heterocycles. The molecule has 2 rings (SSSR count). The minimum atomic E-state index is 0.616. The Bertz CT molecular complexity index is 354. The second-order valence-corrected chi connectivity index (χ2v) is 4.51. The monoisotopic (exact) mass is 220 g/mol. The first kappa shape index (κ1) is 10.4. The zero-order valence-corrected chi connectivity index (χ0v) is 9.97. The van der Waals surface area contributed by atoms with E-state index in [1.54, 1.807) is 0 Å². The topological polar surface area (TPSA) is 15.3 Å². The summed E-state index contributed by atoms with van der Waals surface area (Å²) in [6, 6.07) is 9.01. The first-order chi connectivity index (χ1) is 7.16. The second kappa shape index (κ2) is 4.19. The number of aryl methyl sites for hydroxylation is 1. The van der Waals surface area contributed by atoms with Gasteiger partial charge in [0.1, 0.15) is 0 Å². The Labute approximate surface area is 96.3 Å². The normalized spacial score (nSPS) is 14.8. The van der Waals surface area contributed by atoms with E-state index >= 15 is 0 Å². The van der Waals surface area contributed by atoms with Gasteiger partial charge in [-0.3, -0.25) is 0 Å². The third-order valence-corrected chi connectivity index (χ3v) is 3.02. The summed E-state index contributed by atoms with van der Waals surface area (Å²) in [5.41, 5.74) is 2.41. The van der Waals surface area contributed by atoms with E-state index in [9.17, 15) is 0 Å². The molecule has 0 saturated heterocycles. The Morgan fingerprint density at radius 1 is 1.33 bits per heavy atom. The molecular weight excluding hydrogens is 204 g/mol. The lowest BCUT2D eigenvalue weighted by molar-refractivity contribution is 0.901. The van der Waals surface area contributed by atoms with Gasteiger partial charge in [0.05, 0.1) is 0 Å². The summed E-state index contributed by atoms with van der Waals surface area (Å²) in [6.07, 6.45) is 2.50. The zero-order valence-electron chi connectivity index (χ0n) is 9.16. The molecule has 2 nitrogen and oxygen atoms in total. The largest absolute Gasteiger partial charge is 0.360 e. The molecule has 80 valence electrons. The molecule has 1 saturated carbocycles. The second-order valence-electron chi connectivity index (χ2n) is 4.12. The predicted molar refractivity (Wildman–Crippen MR) is 68.3 cm³/mol. The maximum Gasteiger partial charge on any atom is 0.173 e. The summed E-state index contributed by atoms with van der Waals surface area (Å²) in [5, 5.41) is 4.14. The Balaban J connectivity index is 2.02. The summed E-state index contributed by atoms with van der Waals surface area (Å²) >= 11 is 5.32. The number of hydrogen-bond donors (Lipinski definition) is 1. The lowest BCUT2D eigenvalue weighted by Gasteiger charge is -2.21. The van der Waals surface area contributed by atoms with Crippen LogP contribution in [0.4, 0.5) is 5.69 Å². The van der Waals surface area contributed by atoms with Gasteiger partial charge in [-0.15, -0.1) is 0 Å². The van der Waals surface area contributed by atoms with Crippen LogP contribution in [-0.4, -0.2) is 18.2 Å². The highest BCUT2D eigenvalue weighted by Crippen LogP contribution is 2.20. The van der Waals surface area contributed by atoms with E-state index in [-0.39, 0.29) is 0 Å². The van der Waals surface area contributed by atoms with Crippen molar-refractivity contribution in [2.45, 2.75) is 25.8 Å². The van der Waals surface area contributed by atoms with Gasteiger partial charge in [-0.25, -0.2) is 0 Å². The Kier molecular flexibility index (Phi) is 2.91. The highest BCUT2D eigenvalue weighted by atomic mass is 32.1. The number of rotatable bonds is 2. The van der Waals surface area contributed by atoms with Gasteiger partial charge < -0.3 is 10.2 Å². The number of nitrogens with one attached hydrogen (secondary N) is 1. The van der Waals surface area contributed by atoms with Crippen molar-refractivity contribution in [2.24, 2.45) is 0 Å². The van der Waals surface area contributed by atoms with E-state index < -0.39 is 0 Å².